The third-order valence-corrected chi connectivity index (χ3v) is 6.03. The Balaban J connectivity index is 1.49. The van der Waals surface area contributed by atoms with Crippen LogP contribution >= 0.6 is 0 Å². The summed E-state index contributed by atoms with van der Waals surface area (Å²) in [4.78, 5) is 15.1. The van der Waals surface area contributed by atoms with E-state index in [1.165, 1.54) is 18.4 Å². The fourth-order valence-electron chi connectivity index (χ4n) is 4.93. The standard InChI is InChI=1S/C19H24FNO/c20-16-7-5-13(6-8-16)15-11-17-9-10-18(12-15)21(17)19(22)14-3-1-2-4-14/h5-8,14-15,17-18H,1-4,9-12H2. The molecule has 22 heavy (non-hydrogen) atoms. The second-order valence-electron chi connectivity index (χ2n) is 7.33. The number of piperidine rings is 1. The number of rotatable bonds is 2. The SMILES string of the molecule is O=C(C1CCCC1)N1C2CCC1CC(c1ccc(F)cc1)C2. The van der Waals surface area contributed by atoms with Crippen molar-refractivity contribution in [2.75, 3.05) is 0 Å². The molecule has 118 valence electrons. The highest BCUT2D eigenvalue weighted by atomic mass is 19.1. The number of nitrogens with zero attached hydrogens (tertiary/aromatic N) is 1. The van der Waals surface area contributed by atoms with E-state index in [1.807, 2.05) is 12.1 Å². The van der Waals surface area contributed by atoms with Crippen LogP contribution in [0.25, 0.3) is 0 Å². The van der Waals surface area contributed by atoms with E-state index in [1.54, 1.807) is 12.1 Å². The Kier molecular flexibility index (Phi) is 3.67. The Morgan fingerprint density at radius 1 is 0.955 bits per heavy atom. The molecule has 1 aromatic carbocycles. The molecule has 2 heterocycles. The minimum absolute atomic E-state index is 0.166. The molecule has 0 aromatic heterocycles. The highest BCUT2D eigenvalue weighted by Gasteiger charge is 2.45. The van der Waals surface area contributed by atoms with Crippen LogP contribution in [0.3, 0.4) is 0 Å². The van der Waals surface area contributed by atoms with Crippen LogP contribution in [0, 0.1) is 11.7 Å². The first-order chi connectivity index (χ1) is 10.7. The molecule has 2 saturated heterocycles. The zero-order valence-electron chi connectivity index (χ0n) is 13.0. The normalized spacial score (nSPS) is 31.7. The van der Waals surface area contributed by atoms with Crippen molar-refractivity contribution in [3.05, 3.63) is 35.6 Å². The predicted octanol–water partition coefficient (Wildman–Crippen LogP) is 4.25. The summed E-state index contributed by atoms with van der Waals surface area (Å²) >= 11 is 0. The third-order valence-electron chi connectivity index (χ3n) is 6.03. The van der Waals surface area contributed by atoms with E-state index >= 15 is 0 Å². The van der Waals surface area contributed by atoms with Crippen molar-refractivity contribution in [1.29, 1.82) is 0 Å². The van der Waals surface area contributed by atoms with Crippen LogP contribution in [0.1, 0.15) is 62.8 Å². The number of halogens is 1. The van der Waals surface area contributed by atoms with E-state index in [2.05, 4.69) is 4.90 Å². The molecule has 2 atom stereocenters. The quantitative estimate of drug-likeness (QED) is 0.799. The molecule has 3 heteroatoms. The first kappa shape index (κ1) is 14.2. The maximum Gasteiger partial charge on any atom is 0.226 e. The van der Waals surface area contributed by atoms with Gasteiger partial charge in [-0.3, -0.25) is 4.79 Å². The Labute approximate surface area is 131 Å². The lowest BCUT2D eigenvalue weighted by atomic mass is 9.84. The number of amides is 1. The van der Waals surface area contributed by atoms with Gasteiger partial charge in [-0.2, -0.15) is 0 Å². The van der Waals surface area contributed by atoms with Gasteiger partial charge in [0.15, 0.2) is 0 Å². The summed E-state index contributed by atoms with van der Waals surface area (Å²) in [5.74, 6) is 1.05. The average molecular weight is 301 g/mol. The van der Waals surface area contributed by atoms with Gasteiger partial charge in [0.25, 0.3) is 0 Å². The first-order valence-corrected chi connectivity index (χ1v) is 8.80. The fraction of sp³-hybridized carbons (Fsp3) is 0.632. The molecular formula is C19H24FNO. The molecule has 2 aliphatic heterocycles. The molecule has 1 aromatic rings. The largest absolute Gasteiger partial charge is 0.336 e. The molecule has 3 fully saturated rings. The van der Waals surface area contributed by atoms with Gasteiger partial charge >= 0.3 is 0 Å². The Hall–Kier alpha value is -1.38. The maximum atomic E-state index is 13.1. The number of carbonyl (C=O) groups is 1. The van der Waals surface area contributed by atoms with Crippen LogP contribution in [0.5, 0.6) is 0 Å². The molecule has 2 nitrogen and oxygen atoms in total. The van der Waals surface area contributed by atoms with E-state index in [4.69, 9.17) is 0 Å². The number of hydrogen-bond donors (Lipinski definition) is 0. The highest BCUT2D eigenvalue weighted by molar-refractivity contribution is 5.80. The van der Waals surface area contributed by atoms with Gasteiger partial charge in [0.05, 0.1) is 0 Å². The molecule has 1 amide bonds. The van der Waals surface area contributed by atoms with Crippen LogP contribution in [0.4, 0.5) is 4.39 Å². The second-order valence-corrected chi connectivity index (χ2v) is 7.33. The minimum atomic E-state index is -0.166. The molecular weight excluding hydrogens is 277 g/mol. The van der Waals surface area contributed by atoms with E-state index in [0.717, 1.165) is 38.5 Å². The average Bonchev–Trinajstić information content (AvgIpc) is 3.14. The van der Waals surface area contributed by atoms with Crippen molar-refractivity contribution in [1.82, 2.24) is 4.90 Å². The molecule has 1 aliphatic carbocycles. The molecule has 3 aliphatic rings. The lowest BCUT2D eigenvalue weighted by Gasteiger charge is -2.40. The molecule has 4 rings (SSSR count). The van der Waals surface area contributed by atoms with Gasteiger partial charge in [-0.1, -0.05) is 25.0 Å². The van der Waals surface area contributed by atoms with E-state index < -0.39 is 0 Å². The summed E-state index contributed by atoms with van der Waals surface area (Å²) in [6.45, 7) is 0. The van der Waals surface area contributed by atoms with Gasteiger partial charge < -0.3 is 4.90 Å². The molecule has 2 unspecified atom stereocenters. The van der Waals surface area contributed by atoms with Gasteiger partial charge in [0, 0.05) is 18.0 Å². The van der Waals surface area contributed by atoms with Crippen molar-refractivity contribution in [3.8, 4) is 0 Å². The Bertz CT molecular complexity index is 535. The summed E-state index contributed by atoms with van der Waals surface area (Å²) < 4.78 is 13.1. The minimum Gasteiger partial charge on any atom is -0.336 e. The summed E-state index contributed by atoms with van der Waals surface area (Å²) in [5.41, 5.74) is 1.24. The number of hydrogen-bond acceptors (Lipinski definition) is 1. The van der Waals surface area contributed by atoms with Gasteiger partial charge in [-0.05, 0) is 62.1 Å². The number of carbonyl (C=O) groups excluding carboxylic acids is 1. The maximum absolute atomic E-state index is 13.1. The van der Waals surface area contributed by atoms with Crippen LogP contribution in [0.15, 0.2) is 24.3 Å². The van der Waals surface area contributed by atoms with Crippen LogP contribution < -0.4 is 0 Å². The number of fused-ring (bicyclic) bond motifs is 2. The molecule has 1 saturated carbocycles. The Morgan fingerprint density at radius 3 is 2.14 bits per heavy atom. The topological polar surface area (TPSA) is 20.3 Å². The van der Waals surface area contributed by atoms with E-state index in [9.17, 15) is 9.18 Å². The summed E-state index contributed by atoms with van der Waals surface area (Å²) in [5, 5.41) is 0. The molecule has 2 bridgehead atoms. The van der Waals surface area contributed by atoms with E-state index in [-0.39, 0.29) is 5.82 Å². The predicted molar refractivity (Wildman–Crippen MR) is 84.0 cm³/mol. The van der Waals surface area contributed by atoms with Gasteiger partial charge in [-0.25, -0.2) is 4.39 Å². The van der Waals surface area contributed by atoms with Crippen molar-refractivity contribution in [2.45, 2.75) is 69.4 Å². The van der Waals surface area contributed by atoms with Crippen LogP contribution in [0.2, 0.25) is 0 Å². The molecule has 0 spiro atoms. The smallest absolute Gasteiger partial charge is 0.226 e. The second kappa shape index (κ2) is 5.68. The van der Waals surface area contributed by atoms with Crippen molar-refractivity contribution in [3.63, 3.8) is 0 Å². The summed E-state index contributed by atoms with van der Waals surface area (Å²) in [6.07, 6.45) is 9.05. The Morgan fingerprint density at radius 2 is 1.55 bits per heavy atom. The van der Waals surface area contributed by atoms with Gasteiger partial charge in [0.2, 0.25) is 5.91 Å². The van der Waals surface area contributed by atoms with Crippen molar-refractivity contribution in [2.24, 2.45) is 5.92 Å². The summed E-state index contributed by atoms with van der Waals surface area (Å²) in [6, 6.07) is 7.81. The summed E-state index contributed by atoms with van der Waals surface area (Å²) in [7, 11) is 0. The first-order valence-electron chi connectivity index (χ1n) is 8.80. The zero-order chi connectivity index (χ0) is 15.1. The van der Waals surface area contributed by atoms with Crippen LogP contribution in [-0.2, 0) is 4.79 Å². The van der Waals surface area contributed by atoms with Crippen LogP contribution in [-0.4, -0.2) is 22.9 Å². The van der Waals surface area contributed by atoms with Gasteiger partial charge in [-0.15, -0.1) is 0 Å². The lowest BCUT2D eigenvalue weighted by molar-refractivity contribution is -0.140. The zero-order valence-corrected chi connectivity index (χ0v) is 13.0. The van der Waals surface area contributed by atoms with Crippen molar-refractivity contribution < 1.29 is 9.18 Å². The van der Waals surface area contributed by atoms with Gasteiger partial charge in [0.1, 0.15) is 5.82 Å². The number of benzene rings is 1. The van der Waals surface area contributed by atoms with E-state index in [0.29, 0.717) is 29.8 Å². The monoisotopic (exact) mass is 301 g/mol. The third kappa shape index (κ3) is 2.45. The molecule has 0 radical (unpaired) electrons. The lowest BCUT2D eigenvalue weighted by Crippen LogP contribution is -2.48. The highest BCUT2D eigenvalue weighted by Crippen LogP contribution is 2.44. The fourth-order valence-corrected chi connectivity index (χ4v) is 4.93. The molecule has 0 N–H and O–H groups in total. The van der Waals surface area contributed by atoms with Crippen molar-refractivity contribution >= 4 is 5.91 Å².